The maximum Gasteiger partial charge on any atom is 0.240 e. The monoisotopic (exact) mass is 400 g/mol. The Bertz CT molecular complexity index is 1090. The summed E-state index contributed by atoms with van der Waals surface area (Å²) < 4.78 is 29.5. The minimum absolute atomic E-state index is 0.231. The van der Waals surface area contributed by atoms with Crippen LogP contribution in [0.15, 0.2) is 41.7 Å². The predicted octanol–water partition coefficient (Wildman–Crippen LogP) is 2.29. The zero-order valence-corrected chi connectivity index (χ0v) is 17.2. The van der Waals surface area contributed by atoms with Gasteiger partial charge in [0.25, 0.3) is 0 Å². The first kappa shape index (κ1) is 20.0. The molecule has 0 radical (unpaired) electrons. The first-order valence-electron chi connectivity index (χ1n) is 8.92. The average molecular weight is 401 g/mol. The van der Waals surface area contributed by atoms with Gasteiger partial charge in [-0.05, 0) is 56.5 Å². The number of aryl methyl sites for hydroxylation is 4. The number of nitrogens with zero attached hydrogens (tertiary/aromatic N) is 4. The summed E-state index contributed by atoms with van der Waals surface area (Å²) in [4.78, 5) is 8.67. The molecule has 0 spiro atoms. The topological polar surface area (TPSA) is 102 Å². The molecule has 3 aromatic rings. The third-order valence-electron chi connectivity index (χ3n) is 4.41. The molecule has 9 heteroatoms. The van der Waals surface area contributed by atoms with E-state index < -0.39 is 10.0 Å². The van der Waals surface area contributed by atoms with Crippen molar-refractivity contribution in [3.05, 3.63) is 59.2 Å². The molecule has 0 saturated carbocycles. The van der Waals surface area contributed by atoms with Crippen LogP contribution in [0, 0.1) is 27.7 Å². The van der Waals surface area contributed by atoms with Crippen molar-refractivity contribution >= 4 is 15.8 Å². The van der Waals surface area contributed by atoms with Gasteiger partial charge in [0.15, 0.2) is 5.82 Å². The van der Waals surface area contributed by atoms with E-state index in [1.807, 2.05) is 39.1 Å². The molecule has 0 bridgehead atoms. The molecule has 28 heavy (non-hydrogen) atoms. The van der Waals surface area contributed by atoms with E-state index in [4.69, 9.17) is 0 Å². The van der Waals surface area contributed by atoms with Crippen molar-refractivity contribution in [2.75, 3.05) is 18.4 Å². The molecule has 0 aliphatic rings. The molecule has 2 heterocycles. The lowest BCUT2D eigenvalue weighted by Crippen LogP contribution is -2.29. The Kier molecular flexibility index (Phi) is 5.76. The van der Waals surface area contributed by atoms with Gasteiger partial charge in [0.05, 0.1) is 10.6 Å². The molecule has 0 unspecified atom stereocenters. The first-order valence-corrected chi connectivity index (χ1v) is 10.4. The molecule has 3 rings (SSSR count). The third kappa shape index (κ3) is 4.55. The van der Waals surface area contributed by atoms with Crippen LogP contribution in [0.3, 0.4) is 0 Å². The normalized spacial score (nSPS) is 11.6. The molecule has 0 aliphatic heterocycles. The second-order valence-electron chi connectivity index (χ2n) is 6.69. The summed E-state index contributed by atoms with van der Waals surface area (Å²) in [5.41, 5.74) is 3.65. The van der Waals surface area contributed by atoms with Crippen LogP contribution < -0.4 is 10.0 Å². The summed E-state index contributed by atoms with van der Waals surface area (Å²) in [7, 11) is -3.57. The highest BCUT2D eigenvalue weighted by Crippen LogP contribution is 2.19. The van der Waals surface area contributed by atoms with Gasteiger partial charge in [-0.2, -0.15) is 5.10 Å². The summed E-state index contributed by atoms with van der Waals surface area (Å²) in [6, 6.07) is 7.25. The molecular weight excluding hydrogens is 376 g/mol. The Morgan fingerprint density at radius 1 is 0.964 bits per heavy atom. The van der Waals surface area contributed by atoms with E-state index in [0.717, 1.165) is 22.4 Å². The zero-order valence-electron chi connectivity index (χ0n) is 16.4. The lowest BCUT2D eigenvalue weighted by Gasteiger charge is -2.12. The summed E-state index contributed by atoms with van der Waals surface area (Å²) in [6.07, 6.45) is 3.26. The van der Waals surface area contributed by atoms with Crippen molar-refractivity contribution in [3.63, 3.8) is 0 Å². The average Bonchev–Trinajstić information content (AvgIpc) is 3.08. The SMILES string of the molecule is Cc1ccn(-c2cc(NCCNS(=O)(=O)c3cc(C)c(C)cc3C)ncn2)n1. The van der Waals surface area contributed by atoms with E-state index in [9.17, 15) is 8.42 Å². The molecule has 0 amide bonds. The van der Waals surface area contributed by atoms with E-state index in [0.29, 0.717) is 23.1 Å². The van der Waals surface area contributed by atoms with Crippen LogP contribution in [0.25, 0.3) is 5.82 Å². The summed E-state index contributed by atoms with van der Waals surface area (Å²) in [6.45, 7) is 8.20. The highest BCUT2D eigenvalue weighted by Gasteiger charge is 2.17. The van der Waals surface area contributed by atoms with E-state index in [2.05, 4.69) is 25.1 Å². The highest BCUT2D eigenvalue weighted by atomic mass is 32.2. The Morgan fingerprint density at radius 3 is 2.43 bits per heavy atom. The van der Waals surface area contributed by atoms with E-state index in [1.165, 1.54) is 6.33 Å². The Labute approximate surface area is 165 Å². The first-order chi connectivity index (χ1) is 13.3. The molecule has 148 valence electrons. The quantitative estimate of drug-likeness (QED) is 0.590. The second-order valence-corrected chi connectivity index (χ2v) is 8.43. The van der Waals surface area contributed by atoms with Crippen LogP contribution in [-0.2, 0) is 10.0 Å². The maximum atomic E-state index is 12.6. The van der Waals surface area contributed by atoms with Crippen molar-refractivity contribution in [1.82, 2.24) is 24.5 Å². The third-order valence-corrected chi connectivity index (χ3v) is 6.02. The Morgan fingerprint density at radius 2 is 1.71 bits per heavy atom. The van der Waals surface area contributed by atoms with Crippen molar-refractivity contribution in [1.29, 1.82) is 0 Å². The van der Waals surface area contributed by atoms with Crippen molar-refractivity contribution < 1.29 is 8.42 Å². The molecule has 2 N–H and O–H groups in total. The van der Waals surface area contributed by atoms with E-state index in [-0.39, 0.29) is 6.54 Å². The van der Waals surface area contributed by atoms with Gasteiger partial charge in [0.2, 0.25) is 10.0 Å². The van der Waals surface area contributed by atoms with E-state index in [1.54, 1.807) is 23.7 Å². The number of rotatable bonds is 7. The molecule has 0 fully saturated rings. The number of benzene rings is 1. The fourth-order valence-corrected chi connectivity index (χ4v) is 4.13. The van der Waals surface area contributed by atoms with Gasteiger partial charge in [-0.15, -0.1) is 0 Å². The van der Waals surface area contributed by atoms with Crippen LogP contribution in [-0.4, -0.2) is 41.3 Å². The fraction of sp³-hybridized carbons (Fsp3) is 0.316. The van der Waals surface area contributed by atoms with Crippen molar-refractivity contribution in [2.45, 2.75) is 32.6 Å². The van der Waals surface area contributed by atoms with Gasteiger partial charge in [0, 0.05) is 25.4 Å². The zero-order chi connectivity index (χ0) is 20.3. The summed E-state index contributed by atoms with van der Waals surface area (Å²) in [5.74, 6) is 1.23. The predicted molar refractivity (Wildman–Crippen MR) is 108 cm³/mol. The van der Waals surface area contributed by atoms with Crippen LogP contribution >= 0.6 is 0 Å². The number of hydrogen-bond donors (Lipinski definition) is 2. The van der Waals surface area contributed by atoms with Gasteiger partial charge in [-0.3, -0.25) is 0 Å². The minimum atomic E-state index is -3.57. The highest BCUT2D eigenvalue weighted by molar-refractivity contribution is 7.89. The van der Waals surface area contributed by atoms with Gasteiger partial charge < -0.3 is 5.32 Å². The largest absolute Gasteiger partial charge is 0.369 e. The second kappa shape index (κ2) is 8.07. The van der Waals surface area contributed by atoms with Crippen LogP contribution in [0.5, 0.6) is 0 Å². The maximum absolute atomic E-state index is 12.6. The standard InChI is InChI=1S/C19H24N6O2S/c1-13-9-15(3)17(10-14(13)2)28(26,27)23-7-6-20-18-11-19(22-12-21-18)25-8-5-16(4)24-25/h5,8-12,23H,6-7H2,1-4H3,(H,20,21,22). The lowest BCUT2D eigenvalue weighted by atomic mass is 10.1. The summed E-state index contributed by atoms with van der Waals surface area (Å²) in [5, 5.41) is 7.41. The van der Waals surface area contributed by atoms with Gasteiger partial charge in [0.1, 0.15) is 12.1 Å². The Balaban J connectivity index is 1.61. The van der Waals surface area contributed by atoms with Crippen molar-refractivity contribution in [2.24, 2.45) is 0 Å². The lowest BCUT2D eigenvalue weighted by molar-refractivity contribution is 0.582. The molecule has 1 aromatic carbocycles. The van der Waals surface area contributed by atoms with Crippen molar-refractivity contribution in [3.8, 4) is 5.82 Å². The number of sulfonamides is 1. The van der Waals surface area contributed by atoms with Gasteiger partial charge in [-0.1, -0.05) is 6.07 Å². The summed E-state index contributed by atoms with van der Waals surface area (Å²) >= 11 is 0. The minimum Gasteiger partial charge on any atom is -0.369 e. The number of aromatic nitrogens is 4. The molecule has 0 saturated heterocycles. The van der Waals surface area contributed by atoms with Crippen LogP contribution in [0.2, 0.25) is 0 Å². The molecule has 8 nitrogen and oxygen atoms in total. The number of nitrogens with one attached hydrogen (secondary N) is 2. The van der Waals surface area contributed by atoms with Crippen LogP contribution in [0.1, 0.15) is 22.4 Å². The number of hydrogen-bond acceptors (Lipinski definition) is 6. The number of anilines is 1. The Hall–Kier alpha value is -2.78. The van der Waals surface area contributed by atoms with Gasteiger partial charge >= 0.3 is 0 Å². The smallest absolute Gasteiger partial charge is 0.240 e. The van der Waals surface area contributed by atoms with E-state index >= 15 is 0 Å². The molecule has 2 aromatic heterocycles. The molecule has 0 aliphatic carbocycles. The fourth-order valence-electron chi connectivity index (χ4n) is 2.79. The molecule has 0 atom stereocenters. The van der Waals surface area contributed by atoms with Crippen LogP contribution in [0.4, 0.5) is 5.82 Å². The van der Waals surface area contributed by atoms with Gasteiger partial charge in [-0.25, -0.2) is 27.8 Å². The molecular formula is C19H24N6O2S.